The first-order valence-electron chi connectivity index (χ1n) is 5.44. The predicted molar refractivity (Wildman–Crippen MR) is 69.6 cm³/mol. The Morgan fingerprint density at radius 2 is 1.88 bits per heavy atom. The van der Waals surface area contributed by atoms with Crippen molar-refractivity contribution in [2.45, 2.75) is 20.5 Å². The van der Waals surface area contributed by atoms with Gasteiger partial charge in [0.1, 0.15) is 6.61 Å². The lowest BCUT2D eigenvalue weighted by Gasteiger charge is -2.18. The number of rotatable bonds is 4. The standard InChI is InChI=1S/C12H15Cl2NO2/c1-3-15(4-2)12(16)17-8-9-5-6-10(13)11(14)7-9/h5-7H,3-4,8H2,1-2H3. The highest BCUT2D eigenvalue weighted by atomic mass is 35.5. The zero-order valence-corrected chi connectivity index (χ0v) is 11.4. The molecule has 0 radical (unpaired) electrons. The van der Waals surface area contributed by atoms with Crippen molar-refractivity contribution in [3.63, 3.8) is 0 Å². The Labute approximate surface area is 111 Å². The van der Waals surface area contributed by atoms with Gasteiger partial charge >= 0.3 is 6.09 Å². The number of amides is 1. The minimum absolute atomic E-state index is 0.201. The van der Waals surface area contributed by atoms with Gasteiger partial charge in [-0.1, -0.05) is 29.3 Å². The summed E-state index contributed by atoms with van der Waals surface area (Å²) in [4.78, 5) is 13.2. The van der Waals surface area contributed by atoms with E-state index < -0.39 is 0 Å². The fraction of sp³-hybridized carbons (Fsp3) is 0.417. The molecule has 1 aromatic carbocycles. The lowest BCUT2D eigenvalue weighted by molar-refractivity contribution is 0.0999. The van der Waals surface area contributed by atoms with Gasteiger partial charge in [-0.2, -0.15) is 0 Å². The van der Waals surface area contributed by atoms with Crippen molar-refractivity contribution in [3.05, 3.63) is 33.8 Å². The molecule has 5 heteroatoms. The lowest BCUT2D eigenvalue weighted by atomic mass is 10.2. The third kappa shape index (κ3) is 4.10. The molecule has 1 amide bonds. The van der Waals surface area contributed by atoms with Gasteiger partial charge in [-0.3, -0.25) is 0 Å². The number of benzene rings is 1. The molecule has 0 heterocycles. The van der Waals surface area contributed by atoms with Crippen LogP contribution in [0.25, 0.3) is 0 Å². The van der Waals surface area contributed by atoms with Crippen molar-refractivity contribution in [1.82, 2.24) is 4.90 Å². The summed E-state index contributed by atoms with van der Waals surface area (Å²) >= 11 is 11.7. The molecule has 0 aliphatic rings. The van der Waals surface area contributed by atoms with E-state index in [4.69, 9.17) is 27.9 Å². The molecule has 0 fully saturated rings. The molecule has 0 saturated heterocycles. The van der Waals surface area contributed by atoms with E-state index in [2.05, 4.69) is 0 Å². The molecule has 0 aromatic heterocycles. The van der Waals surface area contributed by atoms with E-state index in [1.807, 2.05) is 13.8 Å². The van der Waals surface area contributed by atoms with E-state index in [9.17, 15) is 4.79 Å². The number of carbonyl (C=O) groups excluding carboxylic acids is 1. The fourth-order valence-electron chi connectivity index (χ4n) is 1.35. The van der Waals surface area contributed by atoms with Gasteiger partial charge in [0.2, 0.25) is 0 Å². The van der Waals surface area contributed by atoms with Crippen LogP contribution < -0.4 is 0 Å². The van der Waals surface area contributed by atoms with Crippen LogP contribution in [-0.4, -0.2) is 24.1 Å². The Kier molecular flexibility index (Phi) is 5.59. The highest BCUT2D eigenvalue weighted by Crippen LogP contribution is 2.22. The average molecular weight is 276 g/mol. The summed E-state index contributed by atoms with van der Waals surface area (Å²) in [6, 6.07) is 5.16. The number of carbonyl (C=O) groups is 1. The Balaban J connectivity index is 2.55. The second kappa shape index (κ2) is 6.72. The van der Waals surface area contributed by atoms with Gasteiger partial charge in [0.15, 0.2) is 0 Å². The second-order valence-corrected chi connectivity index (χ2v) is 4.29. The highest BCUT2D eigenvalue weighted by molar-refractivity contribution is 6.42. The third-order valence-electron chi connectivity index (χ3n) is 2.37. The number of hydrogen-bond acceptors (Lipinski definition) is 2. The smallest absolute Gasteiger partial charge is 0.410 e. The largest absolute Gasteiger partial charge is 0.445 e. The van der Waals surface area contributed by atoms with E-state index in [1.165, 1.54) is 0 Å². The summed E-state index contributed by atoms with van der Waals surface area (Å²) in [6.07, 6.45) is -0.318. The molecule has 0 N–H and O–H groups in total. The summed E-state index contributed by atoms with van der Waals surface area (Å²) in [7, 11) is 0. The maximum atomic E-state index is 11.6. The zero-order chi connectivity index (χ0) is 12.8. The van der Waals surface area contributed by atoms with Crippen LogP contribution in [0.1, 0.15) is 19.4 Å². The molecule has 0 saturated carbocycles. The Hall–Kier alpha value is -0.930. The summed E-state index contributed by atoms with van der Waals surface area (Å²) in [5.74, 6) is 0. The minimum Gasteiger partial charge on any atom is -0.445 e. The minimum atomic E-state index is -0.318. The van der Waals surface area contributed by atoms with Crippen LogP contribution in [0, 0.1) is 0 Å². The summed E-state index contributed by atoms with van der Waals surface area (Å²) in [6.45, 7) is 5.29. The fourth-order valence-corrected chi connectivity index (χ4v) is 1.67. The molecule has 0 atom stereocenters. The molecule has 1 rings (SSSR count). The molecular weight excluding hydrogens is 261 g/mol. The van der Waals surface area contributed by atoms with Crippen molar-refractivity contribution >= 4 is 29.3 Å². The van der Waals surface area contributed by atoms with Crippen LogP contribution in [0.4, 0.5) is 4.79 Å². The van der Waals surface area contributed by atoms with Gasteiger partial charge in [-0.15, -0.1) is 0 Å². The molecule has 17 heavy (non-hydrogen) atoms. The van der Waals surface area contributed by atoms with Gasteiger partial charge in [-0.25, -0.2) is 4.79 Å². The summed E-state index contributed by atoms with van der Waals surface area (Å²) in [5.41, 5.74) is 0.819. The van der Waals surface area contributed by atoms with Crippen molar-refractivity contribution in [3.8, 4) is 0 Å². The summed E-state index contributed by atoms with van der Waals surface area (Å²) < 4.78 is 5.15. The Morgan fingerprint density at radius 3 is 2.41 bits per heavy atom. The monoisotopic (exact) mass is 275 g/mol. The molecular formula is C12H15Cl2NO2. The quantitative estimate of drug-likeness (QED) is 0.832. The first kappa shape index (κ1) is 14.1. The molecule has 0 unspecified atom stereocenters. The molecule has 0 spiro atoms. The topological polar surface area (TPSA) is 29.5 Å². The maximum absolute atomic E-state index is 11.6. The van der Waals surface area contributed by atoms with Crippen molar-refractivity contribution in [1.29, 1.82) is 0 Å². The van der Waals surface area contributed by atoms with Crippen LogP contribution in [-0.2, 0) is 11.3 Å². The molecule has 94 valence electrons. The van der Waals surface area contributed by atoms with Crippen LogP contribution in [0.5, 0.6) is 0 Å². The molecule has 3 nitrogen and oxygen atoms in total. The van der Waals surface area contributed by atoms with E-state index in [0.29, 0.717) is 23.1 Å². The highest BCUT2D eigenvalue weighted by Gasteiger charge is 2.10. The first-order valence-corrected chi connectivity index (χ1v) is 6.19. The van der Waals surface area contributed by atoms with Gasteiger partial charge < -0.3 is 9.64 Å². The van der Waals surface area contributed by atoms with E-state index in [1.54, 1.807) is 23.1 Å². The maximum Gasteiger partial charge on any atom is 0.410 e. The van der Waals surface area contributed by atoms with Crippen LogP contribution in [0.2, 0.25) is 10.0 Å². The van der Waals surface area contributed by atoms with Crippen molar-refractivity contribution < 1.29 is 9.53 Å². The molecule has 0 bridgehead atoms. The molecule has 0 aliphatic carbocycles. The zero-order valence-electron chi connectivity index (χ0n) is 9.87. The van der Waals surface area contributed by atoms with E-state index >= 15 is 0 Å². The Morgan fingerprint density at radius 1 is 1.24 bits per heavy atom. The van der Waals surface area contributed by atoms with Crippen LogP contribution in [0.3, 0.4) is 0 Å². The second-order valence-electron chi connectivity index (χ2n) is 3.48. The first-order chi connectivity index (χ1) is 8.08. The lowest BCUT2D eigenvalue weighted by Crippen LogP contribution is -2.30. The predicted octanol–water partition coefficient (Wildman–Crippen LogP) is 3.97. The average Bonchev–Trinajstić information content (AvgIpc) is 2.32. The third-order valence-corrected chi connectivity index (χ3v) is 3.11. The number of nitrogens with zero attached hydrogens (tertiary/aromatic N) is 1. The van der Waals surface area contributed by atoms with Crippen molar-refractivity contribution in [2.75, 3.05) is 13.1 Å². The van der Waals surface area contributed by atoms with E-state index in [0.717, 1.165) is 5.56 Å². The van der Waals surface area contributed by atoms with E-state index in [-0.39, 0.29) is 12.7 Å². The van der Waals surface area contributed by atoms with Gasteiger partial charge in [0, 0.05) is 13.1 Å². The van der Waals surface area contributed by atoms with Gasteiger partial charge in [0.05, 0.1) is 10.0 Å². The Bertz CT molecular complexity index is 392. The number of ether oxygens (including phenoxy) is 1. The summed E-state index contributed by atoms with van der Waals surface area (Å²) in [5, 5.41) is 0.952. The normalized spacial score (nSPS) is 10.1. The SMILES string of the molecule is CCN(CC)C(=O)OCc1ccc(Cl)c(Cl)c1. The molecule has 0 aliphatic heterocycles. The van der Waals surface area contributed by atoms with Crippen LogP contribution in [0.15, 0.2) is 18.2 Å². The van der Waals surface area contributed by atoms with Crippen molar-refractivity contribution in [2.24, 2.45) is 0 Å². The van der Waals surface area contributed by atoms with Gasteiger partial charge in [0.25, 0.3) is 0 Å². The number of hydrogen-bond donors (Lipinski definition) is 0. The molecule has 1 aromatic rings. The number of halogens is 2. The van der Waals surface area contributed by atoms with Crippen LogP contribution >= 0.6 is 23.2 Å². The van der Waals surface area contributed by atoms with Gasteiger partial charge in [-0.05, 0) is 31.5 Å².